The first-order valence-corrected chi connectivity index (χ1v) is 7.44. The summed E-state index contributed by atoms with van der Waals surface area (Å²) in [5.74, 6) is 1.63. The van der Waals surface area contributed by atoms with E-state index >= 15 is 0 Å². The van der Waals surface area contributed by atoms with E-state index in [1.165, 1.54) is 0 Å². The van der Waals surface area contributed by atoms with Gasteiger partial charge in [0.1, 0.15) is 12.4 Å². The fourth-order valence-electron chi connectivity index (χ4n) is 1.82. The Morgan fingerprint density at radius 3 is 2.64 bits per heavy atom. The fraction of sp³-hybridized carbons (Fsp3) is 0.562. The van der Waals surface area contributed by atoms with E-state index in [0.29, 0.717) is 19.8 Å². The second-order valence-electron chi connectivity index (χ2n) is 4.69. The quantitative estimate of drug-likeness (QED) is 0.389. The molecule has 1 aromatic rings. The standard InChI is InChI=1S/C16H27N3O3/c1-17-16(18-8-5-9-20-2)19-13-14-6-4-7-15(12-14)22-11-10-21-3/h4,6-7,12H,5,8-11,13H2,1-3H3,(H2,17,18,19). The Bertz CT molecular complexity index is 438. The zero-order valence-electron chi connectivity index (χ0n) is 13.7. The highest BCUT2D eigenvalue weighted by molar-refractivity contribution is 5.79. The summed E-state index contributed by atoms with van der Waals surface area (Å²) in [6.45, 7) is 3.39. The summed E-state index contributed by atoms with van der Waals surface area (Å²) in [5.41, 5.74) is 1.13. The second-order valence-corrected chi connectivity index (χ2v) is 4.69. The van der Waals surface area contributed by atoms with Gasteiger partial charge < -0.3 is 24.8 Å². The molecule has 0 aliphatic heterocycles. The van der Waals surface area contributed by atoms with E-state index < -0.39 is 0 Å². The van der Waals surface area contributed by atoms with Crippen LogP contribution < -0.4 is 15.4 Å². The van der Waals surface area contributed by atoms with Crippen LogP contribution in [0, 0.1) is 0 Å². The smallest absolute Gasteiger partial charge is 0.191 e. The van der Waals surface area contributed by atoms with Gasteiger partial charge in [-0.2, -0.15) is 0 Å². The van der Waals surface area contributed by atoms with Gasteiger partial charge in [-0.15, -0.1) is 0 Å². The van der Waals surface area contributed by atoms with Crippen LogP contribution >= 0.6 is 0 Å². The Hall–Kier alpha value is -1.79. The summed E-state index contributed by atoms with van der Waals surface area (Å²) in [6.07, 6.45) is 0.944. The van der Waals surface area contributed by atoms with Crippen molar-refractivity contribution in [3.05, 3.63) is 29.8 Å². The molecule has 0 unspecified atom stereocenters. The molecule has 1 aromatic carbocycles. The van der Waals surface area contributed by atoms with Crippen molar-refractivity contribution in [2.24, 2.45) is 4.99 Å². The fourth-order valence-corrected chi connectivity index (χ4v) is 1.82. The molecule has 0 aliphatic carbocycles. The van der Waals surface area contributed by atoms with Crippen LogP contribution in [0.3, 0.4) is 0 Å². The van der Waals surface area contributed by atoms with Gasteiger partial charge in [-0.25, -0.2) is 0 Å². The predicted octanol–water partition coefficient (Wildman–Crippen LogP) is 1.41. The number of rotatable bonds is 10. The number of ether oxygens (including phenoxy) is 3. The summed E-state index contributed by atoms with van der Waals surface area (Å²) in [5, 5.41) is 6.52. The van der Waals surface area contributed by atoms with Crippen LogP contribution in [0.4, 0.5) is 0 Å². The molecule has 0 spiro atoms. The van der Waals surface area contributed by atoms with E-state index in [1.807, 2.05) is 24.3 Å². The number of methoxy groups -OCH3 is 2. The van der Waals surface area contributed by atoms with Crippen LogP contribution in [0.5, 0.6) is 5.75 Å². The lowest BCUT2D eigenvalue weighted by Gasteiger charge is -2.12. The van der Waals surface area contributed by atoms with Crippen LogP contribution in [0.1, 0.15) is 12.0 Å². The summed E-state index contributed by atoms with van der Waals surface area (Å²) in [6, 6.07) is 7.99. The lowest BCUT2D eigenvalue weighted by atomic mass is 10.2. The molecule has 0 saturated heterocycles. The third kappa shape index (κ3) is 7.85. The minimum Gasteiger partial charge on any atom is -0.491 e. The molecule has 6 heteroatoms. The van der Waals surface area contributed by atoms with Gasteiger partial charge in [0.2, 0.25) is 0 Å². The van der Waals surface area contributed by atoms with Gasteiger partial charge in [-0.1, -0.05) is 12.1 Å². The first kappa shape index (κ1) is 18.3. The largest absolute Gasteiger partial charge is 0.491 e. The van der Waals surface area contributed by atoms with Gasteiger partial charge in [-0.05, 0) is 24.1 Å². The van der Waals surface area contributed by atoms with Crippen molar-refractivity contribution >= 4 is 5.96 Å². The lowest BCUT2D eigenvalue weighted by molar-refractivity contribution is 0.146. The summed E-state index contributed by atoms with van der Waals surface area (Å²) in [7, 11) is 5.12. The minimum absolute atomic E-state index is 0.552. The minimum atomic E-state index is 0.552. The average Bonchev–Trinajstić information content (AvgIpc) is 2.55. The average molecular weight is 309 g/mol. The van der Waals surface area contributed by atoms with Gasteiger partial charge in [0, 0.05) is 41.0 Å². The van der Waals surface area contributed by atoms with Crippen molar-refractivity contribution < 1.29 is 14.2 Å². The molecule has 0 aliphatic rings. The molecule has 1 rings (SSSR count). The Labute approximate surface area is 132 Å². The normalized spacial score (nSPS) is 11.3. The molecule has 0 radical (unpaired) electrons. The molecular formula is C16H27N3O3. The Kier molecular flexibility index (Phi) is 9.81. The van der Waals surface area contributed by atoms with E-state index in [4.69, 9.17) is 14.2 Å². The van der Waals surface area contributed by atoms with Crippen molar-refractivity contribution in [3.63, 3.8) is 0 Å². The molecule has 124 valence electrons. The number of nitrogens with one attached hydrogen (secondary N) is 2. The molecule has 0 aromatic heterocycles. The number of hydrogen-bond donors (Lipinski definition) is 2. The molecule has 2 N–H and O–H groups in total. The predicted molar refractivity (Wildman–Crippen MR) is 88.5 cm³/mol. The number of aliphatic imine (C=N–C) groups is 1. The first-order chi connectivity index (χ1) is 10.8. The van der Waals surface area contributed by atoms with E-state index in [-0.39, 0.29) is 0 Å². The molecule has 0 fully saturated rings. The summed E-state index contributed by atoms with van der Waals surface area (Å²) in [4.78, 5) is 4.19. The van der Waals surface area contributed by atoms with Gasteiger partial charge in [0.25, 0.3) is 0 Å². The van der Waals surface area contributed by atoms with Crippen molar-refractivity contribution in [3.8, 4) is 5.75 Å². The maximum atomic E-state index is 5.60. The zero-order chi connectivity index (χ0) is 16.0. The Morgan fingerprint density at radius 1 is 1.09 bits per heavy atom. The molecule has 6 nitrogen and oxygen atoms in total. The van der Waals surface area contributed by atoms with Crippen LogP contribution in [0.15, 0.2) is 29.3 Å². The highest BCUT2D eigenvalue weighted by Gasteiger charge is 2.00. The Balaban J connectivity index is 2.37. The van der Waals surface area contributed by atoms with Gasteiger partial charge in [0.15, 0.2) is 5.96 Å². The third-order valence-corrected chi connectivity index (χ3v) is 2.96. The zero-order valence-corrected chi connectivity index (χ0v) is 13.7. The van der Waals surface area contributed by atoms with Gasteiger partial charge in [0.05, 0.1) is 6.61 Å². The maximum Gasteiger partial charge on any atom is 0.191 e. The highest BCUT2D eigenvalue weighted by atomic mass is 16.5. The van der Waals surface area contributed by atoms with Crippen molar-refractivity contribution in [2.75, 3.05) is 47.6 Å². The first-order valence-electron chi connectivity index (χ1n) is 7.44. The van der Waals surface area contributed by atoms with Crippen LogP contribution in [-0.2, 0) is 16.0 Å². The molecule has 0 saturated carbocycles. The summed E-state index contributed by atoms with van der Waals surface area (Å²) < 4.78 is 15.6. The number of benzene rings is 1. The topological polar surface area (TPSA) is 64.1 Å². The van der Waals surface area contributed by atoms with E-state index in [9.17, 15) is 0 Å². The van der Waals surface area contributed by atoms with E-state index in [0.717, 1.165) is 36.8 Å². The van der Waals surface area contributed by atoms with Crippen molar-refractivity contribution in [2.45, 2.75) is 13.0 Å². The molecule has 22 heavy (non-hydrogen) atoms. The molecule has 0 heterocycles. The lowest BCUT2D eigenvalue weighted by Crippen LogP contribution is -2.37. The number of guanidine groups is 1. The highest BCUT2D eigenvalue weighted by Crippen LogP contribution is 2.13. The third-order valence-electron chi connectivity index (χ3n) is 2.96. The second kappa shape index (κ2) is 11.8. The Morgan fingerprint density at radius 2 is 1.91 bits per heavy atom. The van der Waals surface area contributed by atoms with Crippen molar-refractivity contribution in [1.82, 2.24) is 10.6 Å². The van der Waals surface area contributed by atoms with Crippen LogP contribution in [-0.4, -0.2) is 53.6 Å². The maximum absolute atomic E-state index is 5.60. The summed E-state index contributed by atoms with van der Waals surface area (Å²) >= 11 is 0. The molecule has 0 amide bonds. The SMILES string of the molecule is CN=C(NCCCOC)NCc1cccc(OCCOC)c1. The van der Waals surface area contributed by atoms with E-state index in [1.54, 1.807) is 21.3 Å². The number of nitrogens with zero attached hydrogens (tertiary/aromatic N) is 1. The van der Waals surface area contributed by atoms with Crippen LogP contribution in [0.25, 0.3) is 0 Å². The number of hydrogen-bond acceptors (Lipinski definition) is 4. The van der Waals surface area contributed by atoms with Crippen LogP contribution in [0.2, 0.25) is 0 Å². The van der Waals surface area contributed by atoms with Gasteiger partial charge in [-0.3, -0.25) is 4.99 Å². The molecular weight excluding hydrogens is 282 g/mol. The van der Waals surface area contributed by atoms with E-state index in [2.05, 4.69) is 15.6 Å². The van der Waals surface area contributed by atoms with Crippen molar-refractivity contribution in [1.29, 1.82) is 0 Å². The monoisotopic (exact) mass is 309 g/mol. The van der Waals surface area contributed by atoms with Gasteiger partial charge >= 0.3 is 0 Å². The molecule has 0 bridgehead atoms. The molecule has 0 atom stereocenters.